The third-order valence-corrected chi connectivity index (χ3v) is 4.94. The van der Waals surface area contributed by atoms with Crippen LogP contribution in [0.1, 0.15) is 34.6 Å². The number of amides is 2. The van der Waals surface area contributed by atoms with E-state index in [0.717, 1.165) is 25.4 Å². The number of carbonyl (C=O) groups excluding carboxylic acids is 2. The third-order valence-electron chi connectivity index (χ3n) is 4.08. The van der Waals surface area contributed by atoms with E-state index in [0.29, 0.717) is 0 Å². The Balaban J connectivity index is 2.14. The molecule has 136 valence electrons. The summed E-state index contributed by atoms with van der Waals surface area (Å²) in [5.41, 5.74) is -1.48. The Morgan fingerprint density at radius 3 is 2.31 bits per heavy atom. The molecule has 1 N–H and O–H groups in total. The van der Waals surface area contributed by atoms with Crippen LogP contribution in [0.4, 0.5) is 10.7 Å². The SMILES string of the molecule is CCn1c(O)c(N=Nc2scc3c2C(=O)N(C)C3=O)c(=O)n(CC)c1=O. The van der Waals surface area contributed by atoms with Gasteiger partial charge in [0.05, 0.1) is 11.1 Å². The maximum absolute atomic E-state index is 12.4. The molecule has 0 saturated carbocycles. The van der Waals surface area contributed by atoms with Crippen molar-refractivity contribution in [1.82, 2.24) is 14.0 Å². The fraction of sp³-hybridized carbons (Fsp3) is 0.333. The molecule has 11 heteroatoms. The highest BCUT2D eigenvalue weighted by molar-refractivity contribution is 7.14. The molecule has 1 aliphatic heterocycles. The van der Waals surface area contributed by atoms with E-state index in [2.05, 4.69) is 10.2 Å². The minimum Gasteiger partial charge on any atom is -0.493 e. The smallest absolute Gasteiger partial charge is 0.333 e. The number of aromatic nitrogens is 2. The Morgan fingerprint density at radius 1 is 1.04 bits per heavy atom. The van der Waals surface area contributed by atoms with Crippen molar-refractivity contribution in [3.05, 3.63) is 37.3 Å². The first-order chi connectivity index (χ1) is 12.3. The number of hydrogen-bond donors (Lipinski definition) is 1. The first-order valence-electron chi connectivity index (χ1n) is 7.75. The van der Waals surface area contributed by atoms with E-state index in [1.54, 1.807) is 13.8 Å². The molecule has 0 unspecified atom stereocenters. The average molecular weight is 377 g/mol. The predicted octanol–water partition coefficient (Wildman–Crippen LogP) is 1.46. The van der Waals surface area contributed by atoms with Crippen LogP contribution in [0.15, 0.2) is 25.2 Å². The van der Waals surface area contributed by atoms with Gasteiger partial charge in [0.1, 0.15) is 0 Å². The number of rotatable bonds is 4. The number of carbonyl (C=O) groups is 2. The molecule has 0 aromatic carbocycles. The van der Waals surface area contributed by atoms with Crippen LogP contribution in [-0.2, 0) is 13.1 Å². The highest BCUT2D eigenvalue weighted by Crippen LogP contribution is 2.37. The van der Waals surface area contributed by atoms with Gasteiger partial charge in [-0.3, -0.25) is 28.4 Å². The second kappa shape index (κ2) is 6.33. The number of nitrogens with zero attached hydrogens (tertiary/aromatic N) is 5. The lowest BCUT2D eigenvalue weighted by atomic mass is 10.2. The number of azo groups is 1. The van der Waals surface area contributed by atoms with Crippen molar-refractivity contribution in [2.75, 3.05) is 7.05 Å². The molecular formula is C15H15N5O5S. The van der Waals surface area contributed by atoms with Crippen molar-refractivity contribution < 1.29 is 14.7 Å². The third kappa shape index (κ3) is 2.39. The lowest BCUT2D eigenvalue weighted by Crippen LogP contribution is -2.38. The van der Waals surface area contributed by atoms with Gasteiger partial charge in [-0.25, -0.2) is 4.79 Å². The summed E-state index contributed by atoms with van der Waals surface area (Å²) in [6.07, 6.45) is 0. The highest BCUT2D eigenvalue weighted by Gasteiger charge is 2.36. The molecule has 0 atom stereocenters. The minimum atomic E-state index is -0.781. The van der Waals surface area contributed by atoms with Crippen molar-refractivity contribution >= 4 is 33.8 Å². The van der Waals surface area contributed by atoms with Gasteiger partial charge in [-0.2, -0.15) is 0 Å². The van der Waals surface area contributed by atoms with Crippen molar-refractivity contribution in [2.24, 2.45) is 10.2 Å². The molecule has 2 amide bonds. The molecule has 1 aliphatic rings. The fourth-order valence-electron chi connectivity index (χ4n) is 2.65. The summed E-state index contributed by atoms with van der Waals surface area (Å²) >= 11 is 1.03. The van der Waals surface area contributed by atoms with Gasteiger partial charge in [0.2, 0.25) is 11.6 Å². The fourth-order valence-corrected chi connectivity index (χ4v) is 3.50. The lowest BCUT2D eigenvalue weighted by molar-refractivity contribution is 0.0693. The zero-order chi connectivity index (χ0) is 19.2. The maximum atomic E-state index is 12.4. The summed E-state index contributed by atoms with van der Waals surface area (Å²) < 4.78 is 1.93. The van der Waals surface area contributed by atoms with Crippen LogP contribution in [0.2, 0.25) is 0 Å². The zero-order valence-electron chi connectivity index (χ0n) is 14.2. The molecule has 10 nitrogen and oxygen atoms in total. The normalized spacial score (nSPS) is 13.9. The maximum Gasteiger partial charge on any atom is 0.333 e. The van der Waals surface area contributed by atoms with E-state index in [9.17, 15) is 24.3 Å². The molecule has 3 rings (SSSR count). The summed E-state index contributed by atoms with van der Waals surface area (Å²) in [5, 5.41) is 19.5. The Kier molecular flexibility index (Phi) is 4.32. The van der Waals surface area contributed by atoms with Crippen molar-refractivity contribution in [3.63, 3.8) is 0 Å². The molecule has 0 fully saturated rings. The van der Waals surface area contributed by atoms with Gasteiger partial charge in [0, 0.05) is 25.5 Å². The van der Waals surface area contributed by atoms with Crippen LogP contribution in [-0.4, -0.2) is 38.0 Å². The molecule has 0 bridgehead atoms. The summed E-state index contributed by atoms with van der Waals surface area (Å²) in [6, 6.07) is 0. The Morgan fingerprint density at radius 2 is 1.69 bits per heavy atom. The van der Waals surface area contributed by atoms with E-state index in [1.807, 2.05) is 0 Å². The number of aromatic hydroxyl groups is 1. The van der Waals surface area contributed by atoms with Crippen molar-refractivity contribution in [1.29, 1.82) is 0 Å². The van der Waals surface area contributed by atoms with Crippen molar-refractivity contribution in [3.8, 4) is 5.88 Å². The second-order valence-electron chi connectivity index (χ2n) is 5.45. The van der Waals surface area contributed by atoms with Gasteiger partial charge >= 0.3 is 5.69 Å². The highest BCUT2D eigenvalue weighted by atomic mass is 32.1. The van der Waals surface area contributed by atoms with Gasteiger partial charge in [0.25, 0.3) is 17.4 Å². The van der Waals surface area contributed by atoms with Crippen LogP contribution in [0.5, 0.6) is 5.88 Å². The molecule has 0 saturated heterocycles. The zero-order valence-corrected chi connectivity index (χ0v) is 15.0. The average Bonchev–Trinajstić information content (AvgIpc) is 3.12. The molecule has 0 spiro atoms. The molecule has 0 aliphatic carbocycles. The van der Waals surface area contributed by atoms with Crippen LogP contribution in [0.25, 0.3) is 0 Å². The number of fused-ring (bicyclic) bond motifs is 1. The quantitative estimate of drug-likeness (QED) is 0.637. The summed E-state index contributed by atoms with van der Waals surface area (Å²) in [5.74, 6) is -1.53. The molecule has 26 heavy (non-hydrogen) atoms. The monoisotopic (exact) mass is 377 g/mol. The second-order valence-corrected chi connectivity index (χ2v) is 6.31. The predicted molar refractivity (Wildman–Crippen MR) is 92.9 cm³/mol. The molecule has 2 aromatic rings. The van der Waals surface area contributed by atoms with E-state index < -0.39 is 34.6 Å². The summed E-state index contributed by atoms with van der Waals surface area (Å²) in [4.78, 5) is 49.5. The van der Waals surface area contributed by atoms with Gasteiger partial charge in [-0.05, 0) is 13.8 Å². The lowest BCUT2D eigenvalue weighted by Gasteiger charge is -2.10. The summed E-state index contributed by atoms with van der Waals surface area (Å²) in [6.45, 7) is 3.50. The largest absolute Gasteiger partial charge is 0.493 e. The Hall–Kier alpha value is -3.08. The van der Waals surface area contributed by atoms with Crippen LogP contribution in [0, 0.1) is 0 Å². The molecular weight excluding hydrogens is 362 g/mol. The molecule has 0 radical (unpaired) electrons. The van der Waals surface area contributed by atoms with Gasteiger partial charge in [0.15, 0.2) is 5.00 Å². The van der Waals surface area contributed by atoms with Crippen LogP contribution in [0.3, 0.4) is 0 Å². The van der Waals surface area contributed by atoms with E-state index in [4.69, 9.17) is 0 Å². The summed E-state index contributed by atoms with van der Waals surface area (Å²) in [7, 11) is 1.36. The van der Waals surface area contributed by atoms with Gasteiger partial charge in [-0.15, -0.1) is 21.6 Å². The van der Waals surface area contributed by atoms with Gasteiger partial charge in [-0.1, -0.05) is 0 Å². The number of thiophene rings is 1. The minimum absolute atomic E-state index is 0.104. The Labute approximate surface area is 150 Å². The first kappa shape index (κ1) is 17.7. The number of imide groups is 1. The van der Waals surface area contributed by atoms with E-state index in [1.165, 1.54) is 12.4 Å². The van der Waals surface area contributed by atoms with Gasteiger partial charge < -0.3 is 5.11 Å². The van der Waals surface area contributed by atoms with E-state index in [-0.39, 0.29) is 29.2 Å². The first-order valence-corrected chi connectivity index (χ1v) is 8.63. The topological polar surface area (TPSA) is 126 Å². The van der Waals surface area contributed by atoms with Crippen LogP contribution >= 0.6 is 11.3 Å². The van der Waals surface area contributed by atoms with Crippen LogP contribution < -0.4 is 11.2 Å². The number of hydrogen-bond acceptors (Lipinski definition) is 8. The van der Waals surface area contributed by atoms with E-state index >= 15 is 0 Å². The molecule has 2 aromatic heterocycles. The Bertz CT molecular complexity index is 1080. The standard InChI is InChI=1S/C15H15N5O5S/c1-4-19-13(23)9(14(24)20(5-2)15(19)25)16-17-10-8-7(6-26-10)11(21)18(3)12(8)22/h6,23H,4-5H2,1-3H3. The van der Waals surface area contributed by atoms with Crippen molar-refractivity contribution in [2.45, 2.75) is 26.9 Å². The molecule has 3 heterocycles.